The molecule has 1 unspecified atom stereocenters. The van der Waals surface area contributed by atoms with Crippen LogP contribution in [0.25, 0.3) is 0 Å². The van der Waals surface area contributed by atoms with Gasteiger partial charge in [-0.15, -0.1) is 0 Å². The molecule has 0 aliphatic carbocycles. The lowest BCUT2D eigenvalue weighted by molar-refractivity contribution is -0.126. The molecule has 0 bridgehead atoms. The standard InChI is InChI=1S/C14H24N4O/c1-9(2)11-7-12(18-17-11)16-13(19)14(10(3)4)5-6-15-8-14/h7,9-10,15H,5-6,8H2,1-4H3,(H2,16,17,18,19). The van der Waals surface area contributed by atoms with Crippen molar-refractivity contribution in [2.45, 2.75) is 40.0 Å². The van der Waals surface area contributed by atoms with Gasteiger partial charge in [-0.3, -0.25) is 9.89 Å². The number of anilines is 1. The minimum Gasteiger partial charge on any atom is -0.316 e. The predicted octanol–water partition coefficient (Wildman–Crippen LogP) is 2.11. The van der Waals surface area contributed by atoms with Crippen molar-refractivity contribution in [3.05, 3.63) is 11.8 Å². The summed E-state index contributed by atoms with van der Waals surface area (Å²) in [7, 11) is 0. The first-order valence-electron chi connectivity index (χ1n) is 7.03. The first-order chi connectivity index (χ1) is 8.95. The van der Waals surface area contributed by atoms with Crippen LogP contribution in [0.1, 0.15) is 45.7 Å². The maximum Gasteiger partial charge on any atom is 0.233 e. The van der Waals surface area contributed by atoms with Crippen LogP contribution in [0.4, 0.5) is 5.82 Å². The van der Waals surface area contributed by atoms with E-state index in [-0.39, 0.29) is 11.3 Å². The van der Waals surface area contributed by atoms with E-state index in [9.17, 15) is 4.79 Å². The summed E-state index contributed by atoms with van der Waals surface area (Å²) >= 11 is 0. The van der Waals surface area contributed by atoms with Crippen molar-refractivity contribution < 1.29 is 4.79 Å². The molecule has 0 spiro atoms. The zero-order valence-corrected chi connectivity index (χ0v) is 12.2. The van der Waals surface area contributed by atoms with E-state index in [2.05, 4.69) is 48.5 Å². The molecule has 1 aliphatic rings. The van der Waals surface area contributed by atoms with E-state index < -0.39 is 0 Å². The SMILES string of the molecule is CC(C)c1cc(NC(=O)C2(C(C)C)CCNC2)n[nH]1. The minimum atomic E-state index is -0.309. The average Bonchev–Trinajstić information content (AvgIpc) is 2.97. The largest absolute Gasteiger partial charge is 0.316 e. The van der Waals surface area contributed by atoms with E-state index in [1.165, 1.54) is 0 Å². The Hall–Kier alpha value is -1.36. The second kappa shape index (κ2) is 5.33. The van der Waals surface area contributed by atoms with Crippen LogP contribution >= 0.6 is 0 Å². The van der Waals surface area contributed by atoms with Gasteiger partial charge in [0.15, 0.2) is 5.82 Å². The normalized spacial score (nSPS) is 23.3. The molecule has 5 nitrogen and oxygen atoms in total. The maximum atomic E-state index is 12.6. The molecule has 0 saturated carbocycles. The zero-order chi connectivity index (χ0) is 14.0. The molecular weight excluding hydrogens is 240 g/mol. The summed E-state index contributed by atoms with van der Waals surface area (Å²) in [4.78, 5) is 12.6. The maximum absolute atomic E-state index is 12.6. The number of nitrogens with one attached hydrogen (secondary N) is 3. The van der Waals surface area contributed by atoms with Gasteiger partial charge in [-0.25, -0.2) is 0 Å². The molecule has 3 N–H and O–H groups in total. The van der Waals surface area contributed by atoms with E-state index in [4.69, 9.17) is 0 Å². The van der Waals surface area contributed by atoms with E-state index >= 15 is 0 Å². The van der Waals surface area contributed by atoms with E-state index in [0.29, 0.717) is 17.7 Å². The van der Waals surface area contributed by atoms with Gasteiger partial charge in [0.2, 0.25) is 5.91 Å². The number of hydrogen-bond acceptors (Lipinski definition) is 3. The molecule has 5 heteroatoms. The summed E-state index contributed by atoms with van der Waals surface area (Å²) in [5, 5.41) is 13.4. The molecule has 1 aromatic rings. The third-order valence-corrected chi connectivity index (χ3v) is 4.21. The first-order valence-corrected chi connectivity index (χ1v) is 7.03. The fourth-order valence-corrected chi connectivity index (χ4v) is 2.60. The van der Waals surface area contributed by atoms with Crippen LogP contribution in [-0.4, -0.2) is 29.2 Å². The average molecular weight is 264 g/mol. The smallest absolute Gasteiger partial charge is 0.233 e. The number of hydrogen-bond donors (Lipinski definition) is 3. The lowest BCUT2D eigenvalue weighted by atomic mass is 9.75. The van der Waals surface area contributed by atoms with Crippen LogP contribution in [0.2, 0.25) is 0 Å². The molecule has 0 radical (unpaired) electrons. The summed E-state index contributed by atoms with van der Waals surface area (Å²) in [6, 6.07) is 1.92. The summed E-state index contributed by atoms with van der Waals surface area (Å²) in [5.41, 5.74) is 0.732. The van der Waals surface area contributed by atoms with Crippen LogP contribution in [-0.2, 0) is 4.79 Å². The van der Waals surface area contributed by atoms with Gasteiger partial charge in [-0.1, -0.05) is 27.7 Å². The Bertz CT molecular complexity index is 444. The molecule has 2 rings (SSSR count). The number of rotatable bonds is 4. The van der Waals surface area contributed by atoms with Gasteiger partial charge in [0, 0.05) is 18.3 Å². The summed E-state index contributed by atoms with van der Waals surface area (Å²) in [5.74, 6) is 1.39. The van der Waals surface area contributed by atoms with Crippen LogP contribution in [0.15, 0.2) is 6.07 Å². The van der Waals surface area contributed by atoms with Gasteiger partial charge in [-0.05, 0) is 24.8 Å². The first kappa shape index (κ1) is 14.1. The van der Waals surface area contributed by atoms with Crippen LogP contribution in [0.3, 0.4) is 0 Å². The molecule has 0 aromatic carbocycles. The van der Waals surface area contributed by atoms with Gasteiger partial charge in [0.1, 0.15) is 0 Å². The van der Waals surface area contributed by atoms with Crippen LogP contribution in [0.5, 0.6) is 0 Å². The van der Waals surface area contributed by atoms with Crippen LogP contribution < -0.4 is 10.6 Å². The lowest BCUT2D eigenvalue weighted by Gasteiger charge is -2.30. The number of nitrogens with zero attached hydrogens (tertiary/aromatic N) is 1. The fraction of sp³-hybridized carbons (Fsp3) is 0.714. The van der Waals surface area contributed by atoms with Gasteiger partial charge < -0.3 is 10.6 Å². The minimum absolute atomic E-state index is 0.0781. The highest BCUT2D eigenvalue weighted by Crippen LogP contribution is 2.35. The van der Waals surface area contributed by atoms with Crippen molar-refractivity contribution in [3.8, 4) is 0 Å². The second-order valence-corrected chi connectivity index (χ2v) is 6.05. The molecule has 1 aliphatic heterocycles. The summed E-state index contributed by atoms with van der Waals surface area (Å²) in [6.45, 7) is 10.1. The van der Waals surface area contributed by atoms with Crippen molar-refractivity contribution in [1.29, 1.82) is 0 Å². The van der Waals surface area contributed by atoms with E-state index in [1.54, 1.807) is 0 Å². The highest BCUT2D eigenvalue weighted by atomic mass is 16.2. The highest BCUT2D eigenvalue weighted by Gasteiger charge is 2.44. The molecular formula is C14H24N4O. The number of carbonyl (C=O) groups is 1. The van der Waals surface area contributed by atoms with Gasteiger partial charge >= 0.3 is 0 Å². The van der Waals surface area contributed by atoms with Crippen molar-refractivity contribution in [3.63, 3.8) is 0 Å². The number of amides is 1. The monoisotopic (exact) mass is 264 g/mol. The van der Waals surface area contributed by atoms with E-state index in [0.717, 1.165) is 25.2 Å². The van der Waals surface area contributed by atoms with Crippen molar-refractivity contribution in [2.24, 2.45) is 11.3 Å². The molecule has 1 atom stereocenters. The third-order valence-electron chi connectivity index (χ3n) is 4.21. The van der Waals surface area contributed by atoms with Crippen molar-refractivity contribution in [2.75, 3.05) is 18.4 Å². The summed E-state index contributed by atoms with van der Waals surface area (Å²) in [6.07, 6.45) is 0.887. The fourth-order valence-electron chi connectivity index (χ4n) is 2.60. The zero-order valence-electron chi connectivity index (χ0n) is 12.2. The second-order valence-electron chi connectivity index (χ2n) is 6.05. The number of carbonyl (C=O) groups excluding carboxylic acids is 1. The molecule has 1 amide bonds. The molecule has 19 heavy (non-hydrogen) atoms. The summed E-state index contributed by atoms with van der Waals surface area (Å²) < 4.78 is 0. The molecule has 1 aromatic heterocycles. The van der Waals surface area contributed by atoms with Gasteiger partial charge in [0.05, 0.1) is 5.41 Å². The Balaban J connectivity index is 2.11. The quantitative estimate of drug-likeness (QED) is 0.780. The lowest BCUT2D eigenvalue weighted by Crippen LogP contribution is -2.42. The Morgan fingerprint density at radius 3 is 2.63 bits per heavy atom. The third kappa shape index (κ3) is 2.66. The number of aromatic nitrogens is 2. The molecule has 106 valence electrons. The number of H-pyrrole nitrogens is 1. The van der Waals surface area contributed by atoms with E-state index in [1.807, 2.05) is 6.07 Å². The van der Waals surface area contributed by atoms with Gasteiger partial charge in [0.25, 0.3) is 0 Å². The number of aromatic amines is 1. The highest BCUT2D eigenvalue weighted by molar-refractivity contribution is 5.95. The Morgan fingerprint density at radius 2 is 2.16 bits per heavy atom. The molecule has 2 heterocycles. The molecule has 1 fully saturated rings. The van der Waals surface area contributed by atoms with Crippen molar-refractivity contribution in [1.82, 2.24) is 15.5 Å². The Kier molecular flexibility index (Phi) is 3.94. The topological polar surface area (TPSA) is 69.8 Å². The Labute approximate surface area is 114 Å². The van der Waals surface area contributed by atoms with Gasteiger partial charge in [-0.2, -0.15) is 5.10 Å². The van der Waals surface area contributed by atoms with Crippen LogP contribution in [0, 0.1) is 11.3 Å². The Morgan fingerprint density at radius 1 is 1.42 bits per heavy atom. The molecule has 1 saturated heterocycles. The van der Waals surface area contributed by atoms with Crippen molar-refractivity contribution >= 4 is 11.7 Å². The predicted molar refractivity (Wildman–Crippen MR) is 76.1 cm³/mol.